The molecule has 4 N–H and O–H groups in total. The first-order valence-corrected chi connectivity index (χ1v) is 19.4. The average Bonchev–Trinajstić information content (AvgIpc) is 3.28. The number of para-hydroxylation sites is 2. The third kappa shape index (κ3) is 8.41. The summed E-state index contributed by atoms with van der Waals surface area (Å²) < 4.78 is 0. The average molecular weight is 765 g/mol. The first kappa shape index (κ1) is 38.9. The minimum absolute atomic E-state index is 0.102. The first-order chi connectivity index (χ1) is 28.4. The van der Waals surface area contributed by atoms with Gasteiger partial charge in [0.2, 0.25) is 0 Å². The zero-order valence-electron chi connectivity index (χ0n) is 32.3. The van der Waals surface area contributed by atoms with E-state index in [2.05, 4.69) is 20.6 Å². The summed E-state index contributed by atoms with van der Waals surface area (Å²) in [5, 5.41) is 29.5. The lowest BCUT2D eigenvalue weighted by molar-refractivity contribution is 0.0926. The largest absolute Gasteiger partial charge is 0.505 e. The van der Waals surface area contributed by atoms with Gasteiger partial charge in [0.25, 0.3) is 11.8 Å². The van der Waals surface area contributed by atoms with Crippen molar-refractivity contribution in [2.75, 3.05) is 0 Å². The molecule has 2 atom stereocenters. The van der Waals surface area contributed by atoms with E-state index in [9.17, 15) is 19.8 Å². The molecular weight excluding hydrogens is 721 g/mol. The summed E-state index contributed by atoms with van der Waals surface area (Å²) in [7, 11) is 0. The molecule has 8 aromatic rings. The normalized spacial score (nSPS) is 11.9. The smallest absolute Gasteiger partial charge is 0.256 e. The van der Waals surface area contributed by atoms with Crippen LogP contribution in [0.4, 0.5) is 0 Å². The number of rotatable bonds is 10. The van der Waals surface area contributed by atoms with Gasteiger partial charge in [-0.2, -0.15) is 0 Å². The Morgan fingerprint density at radius 3 is 1.12 bits per heavy atom. The van der Waals surface area contributed by atoms with E-state index in [1.54, 1.807) is 0 Å². The Hall–Kier alpha value is -7.32. The van der Waals surface area contributed by atoms with Crippen LogP contribution < -0.4 is 10.6 Å². The number of amides is 2. The summed E-state index contributed by atoms with van der Waals surface area (Å²) in [6.07, 6.45) is 1.48. The van der Waals surface area contributed by atoms with Gasteiger partial charge >= 0.3 is 0 Å². The number of benzene rings is 6. The lowest BCUT2D eigenvalue weighted by Crippen LogP contribution is -2.28. The van der Waals surface area contributed by atoms with Gasteiger partial charge in [-0.1, -0.05) is 172 Å². The predicted octanol–water partition coefficient (Wildman–Crippen LogP) is 11.0. The van der Waals surface area contributed by atoms with Crippen molar-refractivity contribution in [3.8, 4) is 34.0 Å². The highest BCUT2D eigenvalue weighted by Crippen LogP contribution is 2.37. The zero-order valence-corrected chi connectivity index (χ0v) is 32.3. The summed E-state index contributed by atoms with van der Waals surface area (Å²) in [5.41, 5.74) is 6.25. The summed E-state index contributed by atoms with van der Waals surface area (Å²) in [4.78, 5) is 35.8. The molecule has 8 heteroatoms. The van der Waals surface area contributed by atoms with Crippen molar-refractivity contribution in [3.63, 3.8) is 0 Å². The van der Waals surface area contributed by atoms with Gasteiger partial charge in [-0.15, -0.1) is 0 Å². The Balaban J connectivity index is 0.000000177. The van der Waals surface area contributed by atoms with E-state index in [4.69, 9.17) is 0 Å². The number of pyridine rings is 2. The fourth-order valence-electron chi connectivity index (χ4n) is 7.13. The molecule has 58 heavy (non-hydrogen) atoms. The van der Waals surface area contributed by atoms with Crippen molar-refractivity contribution in [2.24, 2.45) is 0 Å². The second-order valence-electron chi connectivity index (χ2n) is 13.8. The minimum Gasteiger partial charge on any atom is -0.505 e. The molecule has 0 saturated carbocycles. The Kier molecular flexibility index (Phi) is 12.1. The standard InChI is InChI=1S/2C25H22N2O2/c2*1-2-20(17-11-5-3-6-12-17)27-25(29)22-19-15-9-10-16-21(19)26-23(24(22)28)18-13-7-4-8-14-18/h2*3-16,20,28H,2H2,1H3,(H,27,29)/t2*20-/m00/s1. The number of nitrogens with zero attached hydrogens (tertiary/aromatic N) is 2. The van der Waals surface area contributed by atoms with Gasteiger partial charge in [-0.05, 0) is 36.1 Å². The van der Waals surface area contributed by atoms with Gasteiger partial charge in [-0.3, -0.25) is 9.59 Å². The zero-order chi connectivity index (χ0) is 40.4. The number of fused-ring (bicyclic) bond motifs is 2. The minimum atomic E-state index is -0.311. The van der Waals surface area contributed by atoms with Crippen LogP contribution in [0.3, 0.4) is 0 Å². The number of hydrogen-bond acceptors (Lipinski definition) is 6. The molecule has 0 unspecified atom stereocenters. The lowest BCUT2D eigenvalue weighted by atomic mass is 10.00. The second kappa shape index (κ2) is 18.1. The molecule has 288 valence electrons. The van der Waals surface area contributed by atoms with E-state index < -0.39 is 0 Å². The van der Waals surface area contributed by atoms with Gasteiger partial charge in [0.1, 0.15) is 11.4 Å². The second-order valence-corrected chi connectivity index (χ2v) is 13.8. The molecule has 2 heterocycles. The monoisotopic (exact) mass is 764 g/mol. The number of aromatic nitrogens is 2. The maximum Gasteiger partial charge on any atom is 0.256 e. The van der Waals surface area contributed by atoms with Crippen LogP contribution in [0.2, 0.25) is 0 Å². The third-order valence-electron chi connectivity index (χ3n) is 10.1. The molecule has 8 rings (SSSR count). The van der Waals surface area contributed by atoms with Crippen molar-refractivity contribution in [3.05, 3.63) is 192 Å². The Labute approximate surface area is 337 Å². The van der Waals surface area contributed by atoms with Crippen LogP contribution in [-0.2, 0) is 0 Å². The lowest BCUT2D eigenvalue weighted by Gasteiger charge is -2.19. The summed E-state index contributed by atoms with van der Waals surface area (Å²) >= 11 is 0. The van der Waals surface area contributed by atoms with Crippen molar-refractivity contribution in [2.45, 2.75) is 38.8 Å². The Morgan fingerprint density at radius 2 is 0.776 bits per heavy atom. The third-order valence-corrected chi connectivity index (χ3v) is 10.1. The summed E-state index contributed by atoms with van der Waals surface area (Å²) in [6, 6.07) is 53.0. The Morgan fingerprint density at radius 1 is 0.466 bits per heavy atom. The van der Waals surface area contributed by atoms with Gasteiger partial charge in [-0.25, -0.2) is 9.97 Å². The molecule has 0 saturated heterocycles. The number of carbonyl (C=O) groups is 2. The van der Waals surface area contributed by atoms with Crippen LogP contribution in [0.15, 0.2) is 170 Å². The molecule has 6 aromatic carbocycles. The fourth-order valence-corrected chi connectivity index (χ4v) is 7.13. The van der Waals surface area contributed by atoms with E-state index in [0.29, 0.717) is 33.2 Å². The summed E-state index contributed by atoms with van der Waals surface area (Å²) in [6.45, 7) is 4.05. The van der Waals surface area contributed by atoms with Crippen molar-refractivity contribution >= 4 is 33.6 Å². The molecule has 2 aromatic heterocycles. The SMILES string of the molecule is CC[C@H](NC(=O)c1c(O)c(-c2ccccc2)nc2ccccc12)c1ccccc1.CC[C@H](NC(=O)c1c(O)c(-c2ccccc2)nc2ccccc12)c1ccccc1. The number of carbonyl (C=O) groups excluding carboxylic acids is 2. The van der Waals surface area contributed by atoms with Crippen LogP contribution in [0.25, 0.3) is 44.3 Å². The molecule has 0 aliphatic rings. The van der Waals surface area contributed by atoms with Gasteiger partial charge in [0, 0.05) is 21.9 Å². The van der Waals surface area contributed by atoms with E-state index in [0.717, 1.165) is 35.1 Å². The van der Waals surface area contributed by atoms with Crippen LogP contribution in [-0.4, -0.2) is 32.0 Å². The highest BCUT2D eigenvalue weighted by molar-refractivity contribution is 6.11. The molecule has 0 bridgehead atoms. The first-order valence-electron chi connectivity index (χ1n) is 19.4. The maximum absolute atomic E-state index is 13.3. The van der Waals surface area contributed by atoms with Crippen LogP contribution in [0.1, 0.15) is 70.6 Å². The van der Waals surface area contributed by atoms with Crippen LogP contribution in [0.5, 0.6) is 11.5 Å². The van der Waals surface area contributed by atoms with Crippen molar-refractivity contribution < 1.29 is 19.8 Å². The molecule has 0 aliphatic carbocycles. The summed E-state index contributed by atoms with van der Waals surface area (Å²) in [5.74, 6) is -0.825. The van der Waals surface area contributed by atoms with E-state index in [1.165, 1.54) is 0 Å². The van der Waals surface area contributed by atoms with Crippen LogP contribution in [0, 0.1) is 0 Å². The molecule has 2 amide bonds. The number of aromatic hydroxyl groups is 2. The molecule has 0 fully saturated rings. The Bertz CT molecular complexity index is 2470. The highest BCUT2D eigenvalue weighted by atomic mass is 16.3. The molecular formula is C50H44N4O4. The van der Waals surface area contributed by atoms with E-state index in [-0.39, 0.29) is 46.5 Å². The topological polar surface area (TPSA) is 124 Å². The number of nitrogens with one attached hydrogen (secondary N) is 2. The molecule has 0 radical (unpaired) electrons. The van der Waals surface area contributed by atoms with Crippen LogP contribution >= 0.6 is 0 Å². The van der Waals surface area contributed by atoms with Gasteiger partial charge in [0.05, 0.1) is 34.2 Å². The van der Waals surface area contributed by atoms with Gasteiger partial charge < -0.3 is 20.8 Å². The highest BCUT2D eigenvalue weighted by Gasteiger charge is 2.25. The van der Waals surface area contributed by atoms with E-state index >= 15 is 0 Å². The van der Waals surface area contributed by atoms with Crippen molar-refractivity contribution in [1.82, 2.24) is 20.6 Å². The number of hydrogen-bond donors (Lipinski definition) is 4. The maximum atomic E-state index is 13.3. The van der Waals surface area contributed by atoms with E-state index in [1.807, 2.05) is 184 Å². The fraction of sp³-hybridized carbons (Fsp3) is 0.120. The molecule has 8 nitrogen and oxygen atoms in total. The molecule has 0 spiro atoms. The van der Waals surface area contributed by atoms with Crippen molar-refractivity contribution in [1.29, 1.82) is 0 Å². The molecule has 0 aliphatic heterocycles. The quantitative estimate of drug-likeness (QED) is 0.110. The van der Waals surface area contributed by atoms with Gasteiger partial charge in [0.15, 0.2) is 11.5 Å². The predicted molar refractivity (Wildman–Crippen MR) is 232 cm³/mol.